The Kier molecular flexibility index (Phi) is 3.66. The van der Waals surface area contributed by atoms with Gasteiger partial charge in [0.1, 0.15) is 5.76 Å². The lowest BCUT2D eigenvalue weighted by Gasteiger charge is -2.28. The van der Waals surface area contributed by atoms with Gasteiger partial charge in [0.25, 0.3) is 5.91 Å². The maximum atomic E-state index is 12.3. The lowest BCUT2D eigenvalue weighted by Crippen LogP contribution is -2.36. The molecule has 0 bridgehead atoms. The molecule has 4 rings (SSSR count). The second kappa shape index (κ2) is 5.97. The number of rotatable bonds is 3. The van der Waals surface area contributed by atoms with E-state index < -0.39 is 0 Å². The van der Waals surface area contributed by atoms with Crippen LogP contribution in [0.3, 0.4) is 0 Å². The number of aryl methyl sites for hydroxylation is 1. The fraction of sp³-hybridized carbons (Fsp3) is 0.312. The van der Waals surface area contributed by atoms with Gasteiger partial charge in [-0.3, -0.25) is 4.79 Å². The average molecular weight is 328 g/mol. The second-order valence-corrected chi connectivity index (χ2v) is 5.56. The van der Waals surface area contributed by atoms with Gasteiger partial charge in [0, 0.05) is 13.1 Å². The van der Waals surface area contributed by atoms with Crippen LogP contribution < -0.4 is 10.2 Å². The number of carbonyl (C=O) groups excluding carboxylic acids is 1. The minimum atomic E-state index is -0.341. The maximum absolute atomic E-state index is 12.3. The number of fused-ring (bicyclic) bond motifs is 1. The van der Waals surface area contributed by atoms with Gasteiger partial charge >= 0.3 is 0 Å². The summed E-state index contributed by atoms with van der Waals surface area (Å²) >= 11 is 0. The summed E-state index contributed by atoms with van der Waals surface area (Å²) in [4.78, 5) is 14.4. The minimum absolute atomic E-state index is 0.245. The predicted octanol–water partition coefficient (Wildman–Crippen LogP) is 2.21. The van der Waals surface area contributed by atoms with E-state index in [9.17, 15) is 4.79 Å². The third-order valence-electron chi connectivity index (χ3n) is 3.96. The number of hydrogen-bond donors (Lipinski definition) is 1. The monoisotopic (exact) mass is 328 g/mol. The van der Waals surface area contributed by atoms with Crippen molar-refractivity contribution in [1.82, 2.24) is 10.3 Å². The topological polar surface area (TPSA) is 93.6 Å². The molecule has 1 fully saturated rings. The molecule has 1 aromatic carbocycles. The molecule has 24 heavy (non-hydrogen) atoms. The van der Waals surface area contributed by atoms with Crippen LogP contribution in [0.1, 0.15) is 16.3 Å². The fourth-order valence-corrected chi connectivity index (χ4v) is 2.75. The SMILES string of the molecule is Cc1ccc(C(=O)Nc2ccc(N3CCOCC3)c3nonc23)o1. The lowest BCUT2D eigenvalue weighted by molar-refractivity contribution is 0.0995. The molecule has 1 N–H and O–H groups in total. The molecule has 2 aromatic heterocycles. The molecule has 1 saturated heterocycles. The van der Waals surface area contributed by atoms with Crippen LogP contribution in [-0.2, 0) is 4.74 Å². The van der Waals surface area contributed by atoms with E-state index in [0.717, 1.165) is 18.8 Å². The number of nitrogens with one attached hydrogen (secondary N) is 1. The van der Waals surface area contributed by atoms with Gasteiger partial charge in [-0.05, 0) is 41.5 Å². The molecule has 1 aliphatic heterocycles. The van der Waals surface area contributed by atoms with E-state index in [1.165, 1.54) is 0 Å². The number of furan rings is 1. The highest BCUT2D eigenvalue weighted by Crippen LogP contribution is 2.30. The summed E-state index contributed by atoms with van der Waals surface area (Å²) in [6, 6.07) is 7.07. The molecule has 0 saturated carbocycles. The molecule has 0 unspecified atom stereocenters. The summed E-state index contributed by atoms with van der Waals surface area (Å²) in [7, 11) is 0. The van der Waals surface area contributed by atoms with Crippen LogP contribution in [0.15, 0.2) is 33.3 Å². The highest BCUT2D eigenvalue weighted by molar-refractivity contribution is 6.08. The highest BCUT2D eigenvalue weighted by Gasteiger charge is 2.20. The number of anilines is 2. The number of nitrogens with zero attached hydrogens (tertiary/aromatic N) is 3. The maximum Gasteiger partial charge on any atom is 0.291 e. The van der Waals surface area contributed by atoms with E-state index in [2.05, 4.69) is 20.5 Å². The normalized spacial score (nSPS) is 15.0. The molecule has 0 spiro atoms. The molecule has 1 amide bonds. The summed E-state index contributed by atoms with van der Waals surface area (Å²) in [5.41, 5.74) is 2.57. The summed E-state index contributed by atoms with van der Waals surface area (Å²) < 4.78 is 15.6. The van der Waals surface area contributed by atoms with Crippen LogP contribution in [-0.4, -0.2) is 42.5 Å². The van der Waals surface area contributed by atoms with E-state index >= 15 is 0 Å². The highest BCUT2D eigenvalue weighted by atomic mass is 16.6. The molecule has 0 atom stereocenters. The van der Waals surface area contributed by atoms with Gasteiger partial charge in [0.05, 0.1) is 24.6 Å². The van der Waals surface area contributed by atoms with Gasteiger partial charge in [-0.15, -0.1) is 0 Å². The van der Waals surface area contributed by atoms with Gasteiger partial charge in [-0.25, -0.2) is 4.63 Å². The Labute approximate surface area is 137 Å². The third kappa shape index (κ3) is 2.61. The van der Waals surface area contributed by atoms with E-state index in [1.54, 1.807) is 25.1 Å². The number of morpholine rings is 1. The standard InChI is InChI=1S/C16H16N4O4/c1-10-2-5-13(23-10)16(21)17-11-3-4-12(15-14(11)18-24-19-15)20-6-8-22-9-7-20/h2-5H,6-9H2,1H3,(H,17,21). The largest absolute Gasteiger partial charge is 0.456 e. The number of amides is 1. The minimum Gasteiger partial charge on any atom is -0.456 e. The van der Waals surface area contributed by atoms with Crippen molar-refractivity contribution < 1.29 is 18.6 Å². The van der Waals surface area contributed by atoms with Crippen LogP contribution in [0.4, 0.5) is 11.4 Å². The Balaban J connectivity index is 1.65. The Morgan fingerprint density at radius 2 is 1.92 bits per heavy atom. The van der Waals surface area contributed by atoms with Crippen molar-refractivity contribution in [1.29, 1.82) is 0 Å². The average Bonchev–Trinajstić information content (AvgIpc) is 3.25. The number of hydrogen-bond acceptors (Lipinski definition) is 7. The second-order valence-electron chi connectivity index (χ2n) is 5.56. The Morgan fingerprint density at radius 3 is 2.67 bits per heavy atom. The Bertz CT molecular complexity index is 879. The summed E-state index contributed by atoms with van der Waals surface area (Å²) in [6.07, 6.45) is 0. The lowest BCUT2D eigenvalue weighted by atomic mass is 10.2. The summed E-state index contributed by atoms with van der Waals surface area (Å²) in [6.45, 7) is 4.68. The van der Waals surface area contributed by atoms with Crippen molar-refractivity contribution >= 4 is 28.3 Å². The molecule has 0 aliphatic carbocycles. The van der Waals surface area contributed by atoms with Gasteiger partial charge in [0.2, 0.25) is 0 Å². The number of aromatic nitrogens is 2. The summed E-state index contributed by atoms with van der Waals surface area (Å²) in [5.74, 6) is 0.581. The molecule has 124 valence electrons. The molecule has 1 aliphatic rings. The van der Waals surface area contributed by atoms with Crippen LogP contribution in [0, 0.1) is 6.92 Å². The van der Waals surface area contributed by atoms with E-state index in [0.29, 0.717) is 35.7 Å². The van der Waals surface area contributed by atoms with E-state index in [4.69, 9.17) is 13.8 Å². The first-order chi connectivity index (χ1) is 11.7. The third-order valence-corrected chi connectivity index (χ3v) is 3.96. The van der Waals surface area contributed by atoms with Gasteiger partial charge in [-0.1, -0.05) is 0 Å². The smallest absolute Gasteiger partial charge is 0.291 e. The quantitative estimate of drug-likeness (QED) is 0.787. The van der Waals surface area contributed by atoms with Crippen molar-refractivity contribution in [2.75, 3.05) is 36.5 Å². The fourth-order valence-electron chi connectivity index (χ4n) is 2.75. The first kappa shape index (κ1) is 14.7. The van der Waals surface area contributed by atoms with Crippen LogP contribution in [0.5, 0.6) is 0 Å². The van der Waals surface area contributed by atoms with Crippen molar-refractivity contribution in [2.45, 2.75) is 6.92 Å². The van der Waals surface area contributed by atoms with Crippen molar-refractivity contribution in [3.8, 4) is 0 Å². The number of carbonyl (C=O) groups is 1. The van der Waals surface area contributed by atoms with Gasteiger partial charge in [-0.2, -0.15) is 0 Å². The van der Waals surface area contributed by atoms with Crippen molar-refractivity contribution in [3.63, 3.8) is 0 Å². The number of benzene rings is 1. The molecular formula is C16H16N4O4. The van der Waals surface area contributed by atoms with Crippen LogP contribution in [0.25, 0.3) is 11.0 Å². The van der Waals surface area contributed by atoms with Crippen molar-refractivity contribution in [2.24, 2.45) is 0 Å². The zero-order valence-corrected chi connectivity index (χ0v) is 13.1. The molecule has 3 heterocycles. The molecule has 3 aromatic rings. The van der Waals surface area contributed by atoms with E-state index in [-0.39, 0.29) is 11.7 Å². The summed E-state index contributed by atoms with van der Waals surface area (Å²) in [5, 5.41) is 10.7. The molecule has 0 radical (unpaired) electrons. The first-order valence-corrected chi connectivity index (χ1v) is 7.68. The van der Waals surface area contributed by atoms with Crippen LogP contribution in [0.2, 0.25) is 0 Å². The zero-order chi connectivity index (χ0) is 16.5. The van der Waals surface area contributed by atoms with Crippen LogP contribution >= 0.6 is 0 Å². The molecule has 8 nitrogen and oxygen atoms in total. The number of ether oxygens (including phenoxy) is 1. The zero-order valence-electron chi connectivity index (χ0n) is 13.1. The molecule has 8 heteroatoms. The Morgan fingerprint density at radius 1 is 1.12 bits per heavy atom. The Hall–Kier alpha value is -2.87. The van der Waals surface area contributed by atoms with Gasteiger partial charge in [0.15, 0.2) is 16.8 Å². The first-order valence-electron chi connectivity index (χ1n) is 7.68. The van der Waals surface area contributed by atoms with Gasteiger partial charge < -0.3 is 19.4 Å². The van der Waals surface area contributed by atoms with E-state index in [1.807, 2.05) is 6.07 Å². The predicted molar refractivity (Wildman–Crippen MR) is 86.2 cm³/mol. The van der Waals surface area contributed by atoms with Crippen molar-refractivity contribution in [3.05, 3.63) is 35.8 Å². The molecular weight excluding hydrogens is 312 g/mol.